The second-order valence-corrected chi connectivity index (χ2v) is 12.2. The van der Waals surface area contributed by atoms with E-state index < -0.39 is 45.6 Å². The number of cyclic esters (lactones) is 1. The van der Waals surface area contributed by atoms with Crippen molar-refractivity contribution in [3.63, 3.8) is 0 Å². The first-order valence-electron chi connectivity index (χ1n) is 12.9. The lowest BCUT2D eigenvalue weighted by Gasteiger charge is -2.63. The third kappa shape index (κ3) is 4.03. The van der Waals surface area contributed by atoms with Gasteiger partial charge in [-0.25, -0.2) is 0 Å². The number of carbonyl (C=O) groups excluding carboxylic acids is 4. The van der Waals surface area contributed by atoms with Crippen LogP contribution < -0.4 is 0 Å². The minimum atomic E-state index is -1.09. The Morgan fingerprint density at radius 3 is 2.41 bits per heavy atom. The average Bonchev–Trinajstić information content (AvgIpc) is 3.36. The highest BCUT2D eigenvalue weighted by atomic mass is 16.5. The fourth-order valence-electron chi connectivity index (χ4n) is 7.91. The third-order valence-electron chi connectivity index (χ3n) is 9.96. The molecule has 37 heavy (non-hydrogen) atoms. The summed E-state index contributed by atoms with van der Waals surface area (Å²) >= 11 is 0. The predicted molar refractivity (Wildman–Crippen MR) is 133 cm³/mol. The first-order chi connectivity index (χ1) is 17.2. The highest BCUT2D eigenvalue weighted by molar-refractivity contribution is 5.96. The van der Waals surface area contributed by atoms with Gasteiger partial charge in [0.05, 0.1) is 38.1 Å². The molecule has 8 nitrogen and oxygen atoms in total. The summed E-state index contributed by atoms with van der Waals surface area (Å²) in [7, 11) is 1.37. The van der Waals surface area contributed by atoms with Gasteiger partial charge in [0.25, 0.3) is 0 Å². The average molecular weight is 515 g/mol. The molecule has 8 heteroatoms. The zero-order chi connectivity index (χ0) is 27.4. The summed E-state index contributed by atoms with van der Waals surface area (Å²) in [5.41, 5.74) is -2.42. The summed E-state index contributed by atoms with van der Waals surface area (Å²) < 4.78 is 22.1. The van der Waals surface area contributed by atoms with E-state index in [9.17, 15) is 19.2 Å². The third-order valence-corrected chi connectivity index (χ3v) is 9.96. The number of ether oxygens (including phenoxy) is 3. The molecular formula is C29H38O8. The van der Waals surface area contributed by atoms with Gasteiger partial charge >= 0.3 is 17.9 Å². The van der Waals surface area contributed by atoms with E-state index in [-0.39, 0.29) is 36.6 Å². The molecule has 3 aliphatic rings. The van der Waals surface area contributed by atoms with Crippen molar-refractivity contribution in [2.24, 2.45) is 39.4 Å². The van der Waals surface area contributed by atoms with Gasteiger partial charge in [0.1, 0.15) is 6.10 Å². The van der Waals surface area contributed by atoms with E-state index in [1.165, 1.54) is 14.0 Å². The SMILES string of the molecule is COC(=O)C1(C)C(C2(C)C=CC(=O)C(C)(C)C2COC(C)=O)CCC2(C)C(c3ccoc3)OC(=O)CC21. The molecular weight excluding hydrogens is 476 g/mol. The number of ketones is 1. The number of hydrogen-bond donors (Lipinski definition) is 0. The van der Waals surface area contributed by atoms with E-state index in [0.29, 0.717) is 12.8 Å². The van der Waals surface area contributed by atoms with Crippen molar-refractivity contribution >= 4 is 23.7 Å². The highest BCUT2D eigenvalue weighted by Crippen LogP contribution is 2.68. The number of methoxy groups -OCH3 is 1. The molecule has 1 saturated carbocycles. The normalized spacial score (nSPS) is 38.9. The highest BCUT2D eigenvalue weighted by Gasteiger charge is 2.68. The Balaban J connectivity index is 1.87. The molecule has 202 valence electrons. The van der Waals surface area contributed by atoms with E-state index in [1.54, 1.807) is 24.7 Å². The number of allylic oxidation sites excluding steroid dienone is 2. The maximum Gasteiger partial charge on any atom is 0.312 e. The quantitative estimate of drug-likeness (QED) is 0.406. The number of hydrogen-bond acceptors (Lipinski definition) is 8. The number of rotatable bonds is 5. The maximum atomic E-state index is 13.8. The lowest BCUT2D eigenvalue weighted by Crippen LogP contribution is -2.63. The zero-order valence-electron chi connectivity index (χ0n) is 22.8. The molecule has 1 saturated heterocycles. The van der Waals surface area contributed by atoms with Crippen LogP contribution in [0.1, 0.15) is 72.5 Å². The van der Waals surface area contributed by atoms with Gasteiger partial charge in [-0.1, -0.05) is 33.8 Å². The molecule has 2 aliphatic carbocycles. The van der Waals surface area contributed by atoms with E-state index in [1.807, 2.05) is 33.8 Å². The molecule has 1 aromatic heterocycles. The van der Waals surface area contributed by atoms with Crippen LogP contribution >= 0.6 is 0 Å². The first kappa shape index (κ1) is 27.1. The van der Waals surface area contributed by atoms with Crippen molar-refractivity contribution in [3.8, 4) is 0 Å². The summed E-state index contributed by atoms with van der Waals surface area (Å²) in [5.74, 6) is -2.34. The lowest BCUT2D eigenvalue weighted by atomic mass is 9.41. The van der Waals surface area contributed by atoms with Gasteiger partial charge in [0, 0.05) is 29.2 Å². The molecule has 7 atom stereocenters. The van der Waals surface area contributed by atoms with Gasteiger partial charge < -0.3 is 18.6 Å². The van der Waals surface area contributed by atoms with Crippen LogP contribution in [0.2, 0.25) is 0 Å². The molecule has 0 radical (unpaired) electrons. The minimum Gasteiger partial charge on any atom is -0.472 e. The summed E-state index contributed by atoms with van der Waals surface area (Å²) in [5, 5.41) is 0. The number of carbonyl (C=O) groups is 4. The molecule has 0 aromatic carbocycles. The van der Waals surface area contributed by atoms with Crippen molar-refractivity contribution in [2.45, 2.75) is 66.9 Å². The van der Waals surface area contributed by atoms with Crippen LogP contribution in [0, 0.1) is 39.4 Å². The fourth-order valence-corrected chi connectivity index (χ4v) is 7.91. The predicted octanol–water partition coefficient (Wildman–Crippen LogP) is 4.83. The van der Waals surface area contributed by atoms with Crippen molar-refractivity contribution in [2.75, 3.05) is 13.7 Å². The van der Waals surface area contributed by atoms with E-state index in [2.05, 4.69) is 6.92 Å². The van der Waals surface area contributed by atoms with Crippen molar-refractivity contribution < 1.29 is 37.8 Å². The van der Waals surface area contributed by atoms with E-state index in [4.69, 9.17) is 18.6 Å². The summed E-state index contributed by atoms with van der Waals surface area (Å²) in [4.78, 5) is 51.6. The van der Waals surface area contributed by atoms with Crippen LogP contribution in [-0.2, 0) is 33.4 Å². The second-order valence-electron chi connectivity index (χ2n) is 12.2. The van der Waals surface area contributed by atoms with Gasteiger partial charge in [-0.15, -0.1) is 0 Å². The molecule has 0 amide bonds. The van der Waals surface area contributed by atoms with Gasteiger partial charge in [0.15, 0.2) is 5.78 Å². The second kappa shape index (κ2) is 9.14. The Labute approximate surface area is 218 Å². The first-order valence-corrected chi connectivity index (χ1v) is 12.9. The molecule has 0 bridgehead atoms. The van der Waals surface area contributed by atoms with Crippen LogP contribution in [0.25, 0.3) is 0 Å². The van der Waals surface area contributed by atoms with Crippen LogP contribution in [-0.4, -0.2) is 37.4 Å². The van der Waals surface area contributed by atoms with E-state index >= 15 is 0 Å². The summed E-state index contributed by atoms with van der Waals surface area (Å²) in [6, 6.07) is 1.79. The molecule has 1 aliphatic heterocycles. The molecule has 0 spiro atoms. The molecule has 0 N–H and O–H groups in total. The number of fused-ring (bicyclic) bond motifs is 1. The number of furan rings is 1. The Bertz CT molecular complexity index is 1120. The van der Waals surface area contributed by atoms with Crippen molar-refractivity contribution in [1.82, 2.24) is 0 Å². The fraction of sp³-hybridized carbons (Fsp3) is 0.655. The molecule has 2 heterocycles. The molecule has 2 fully saturated rings. The van der Waals surface area contributed by atoms with Crippen LogP contribution in [0.4, 0.5) is 0 Å². The monoisotopic (exact) mass is 514 g/mol. The Hall–Kier alpha value is -2.90. The van der Waals surface area contributed by atoms with E-state index in [0.717, 1.165) is 5.56 Å². The van der Waals surface area contributed by atoms with Gasteiger partial charge in [-0.05, 0) is 49.2 Å². The van der Waals surface area contributed by atoms with Crippen LogP contribution in [0.3, 0.4) is 0 Å². The van der Waals surface area contributed by atoms with Crippen molar-refractivity contribution in [3.05, 3.63) is 36.3 Å². The van der Waals surface area contributed by atoms with Crippen LogP contribution in [0.5, 0.6) is 0 Å². The van der Waals surface area contributed by atoms with Gasteiger partial charge in [-0.3, -0.25) is 19.2 Å². The molecule has 4 rings (SSSR count). The summed E-state index contributed by atoms with van der Waals surface area (Å²) in [6.45, 7) is 11.1. The Morgan fingerprint density at radius 2 is 1.81 bits per heavy atom. The number of esters is 3. The molecule has 1 aromatic rings. The smallest absolute Gasteiger partial charge is 0.312 e. The largest absolute Gasteiger partial charge is 0.472 e. The topological polar surface area (TPSA) is 109 Å². The van der Waals surface area contributed by atoms with Crippen molar-refractivity contribution in [1.29, 1.82) is 0 Å². The lowest BCUT2D eigenvalue weighted by molar-refractivity contribution is -0.220. The minimum absolute atomic E-state index is 0.0459. The van der Waals surface area contributed by atoms with Gasteiger partial charge in [0.2, 0.25) is 0 Å². The maximum absolute atomic E-state index is 13.8. The summed E-state index contributed by atoms with van der Waals surface area (Å²) in [6.07, 6.45) is 7.42. The zero-order valence-corrected chi connectivity index (χ0v) is 22.8. The Morgan fingerprint density at radius 1 is 1.11 bits per heavy atom. The van der Waals surface area contributed by atoms with Crippen LogP contribution in [0.15, 0.2) is 35.2 Å². The Kier molecular flexibility index (Phi) is 6.70. The standard InChI is InChI=1S/C29H38O8/c1-17(30)36-16-21-26(2,3)22(31)9-12-27(21,4)19-8-11-28(5)20(29(19,6)25(33)34-7)14-23(32)37-24(28)18-10-13-35-15-18/h9-10,12-13,15,19-21,24H,8,11,14,16H2,1-7H3. The molecule has 7 unspecified atom stereocenters. The van der Waals surface area contributed by atoms with Gasteiger partial charge in [-0.2, -0.15) is 0 Å².